The number of carbonyl (C=O) groups excluding carboxylic acids is 2. The summed E-state index contributed by atoms with van der Waals surface area (Å²) in [6.45, 7) is 2.94. The summed E-state index contributed by atoms with van der Waals surface area (Å²) in [7, 11) is 1.32. The molecule has 7 heteroatoms. The number of nitrogens with two attached hydrogens (primary N) is 1. The van der Waals surface area contributed by atoms with Crippen LogP contribution in [0.4, 0.5) is 0 Å². The number of methoxy groups -OCH3 is 1. The lowest BCUT2D eigenvalue weighted by Crippen LogP contribution is -2.56. The first-order valence-electron chi connectivity index (χ1n) is 5.96. The second kappa shape index (κ2) is 5.31. The number of allylic oxidation sites excluding steroid dienone is 2. The van der Waals surface area contributed by atoms with Gasteiger partial charge in [0.05, 0.1) is 20.3 Å². The molecule has 0 saturated carbocycles. The number of hydrogen-bond acceptors (Lipinski definition) is 6. The zero-order valence-corrected chi connectivity index (χ0v) is 10.9. The van der Waals surface area contributed by atoms with Crippen LogP contribution >= 0.6 is 0 Å². The minimum absolute atomic E-state index is 0.127. The maximum atomic E-state index is 12.3. The molecular formula is C12H17N3O4. The van der Waals surface area contributed by atoms with E-state index in [9.17, 15) is 9.59 Å². The molecule has 3 N–H and O–H groups in total. The van der Waals surface area contributed by atoms with E-state index in [1.54, 1.807) is 11.8 Å². The fourth-order valence-electron chi connectivity index (χ4n) is 2.13. The Morgan fingerprint density at radius 1 is 1.53 bits per heavy atom. The van der Waals surface area contributed by atoms with Gasteiger partial charge in [-0.15, -0.1) is 0 Å². The predicted molar refractivity (Wildman–Crippen MR) is 66.4 cm³/mol. The van der Waals surface area contributed by atoms with Crippen molar-refractivity contribution < 1.29 is 19.1 Å². The first-order valence-corrected chi connectivity index (χ1v) is 5.96. The molecule has 0 aromatic rings. The first kappa shape index (κ1) is 13.4. The van der Waals surface area contributed by atoms with Gasteiger partial charge in [-0.05, 0) is 6.92 Å². The van der Waals surface area contributed by atoms with Crippen molar-refractivity contribution in [2.45, 2.75) is 13.1 Å². The zero-order chi connectivity index (χ0) is 14.0. The van der Waals surface area contributed by atoms with E-state index in [1.807, 2.05) is 0 Å². The summed E-state index contributed by atoms with van der Waals surface area (Å²) >= 11 is 0. The van der Waals surface area contributed by atoms with Gasteiger partial charge in [-0.3, -0.25) is 9.59 Å². The van der Waals surface area contributed by atoms with Gasteiger partial charge in [0.2, 0.25) is 5.78 Å². The first-order chi connectivity index (χ1) is 9.04. The predicted octanol–water partition coefficient (Wildman–Crippen LogP) is -0.936. The van der Waals surface area contributed by atoms with Crippen molar-refractivity contribution in [3.8, 4) is 0 Å². The molecule has 1 atom stereocenters. The third-order valence-corrected chi connectivity index (χ3v) is 3.03. The second-order valence-corrected chi connectivity index (χ2v) is 4.37. The molecule has 2 rings (SSSR count). The van der Waals surface area contributed by atoms with Crippen LogP contribution in [0.1, 0.15) is 6.92 Å². The van der Waals surface area contributed by atoms with Crippen LogP contribution in [-0.4, -0.2) is 49.6 Å². The molecule has 0 aromatic heterocycles. The van der Waals surface area contributed by atoms with Crippen LogP contribution in [0.25, 0.3) is 0 Å². The number of nitrogens with zero attached hydrogens (tertiary/aromatic N) is 1. The number of nitrogens with one attached hydrogen (secondary N) is 1. The smallest absolute Gasteiger partial charge is 0.275 e. The van der Waals surface area contributed by atoms with Crippen LogP contribution < -0.4 is 11.1 Å². The third kappa shape index (κ3) is 2.55. The Hall–Kier alpha value is -2.02. The highest BCUT2D eigenvalue weighted by Gasteiger charge is 2.32. The monoisotopic (exact) mass is 267 g/mol. The highest BCUT2D eigenvalue weighted by atomic mass is 16.5. The summed E-state index contributed by atoms with van der Waals surface area (Å²) in [6, 6.07) is 0. The number of carbonyl (C=O) groups is 2. The van der Waals surface area contributed by atoms with Gasteiger partial charge >= 0.3 is 0 Å². The van der Waals surface area contributed by atoms with Crippen LogP contribution in [-0.2, 0) is 19.1 Å². The summed E-state index contributed by atoms with van der Waals surface area (Å²) < 4.78 is 10.3. The molecule has 7 nitrogen and oxygen atoms in total. The molecule has 19 heavy (non-hydrogen) atoms. The summed E-state index contributed by atoms with van der Waals surface area (Å²) in [5, 5.41) is 3.07. The highest BCUT2D eigenvalue weighted by Crippen LogP contribution is 2.15. The summed E-state index contributed by atoms with van der Waals surface area (Å²) in [5.74, 6) is -0.980. The average molecular weight is 267 g/mol. The van der Waals surface area contributed by atoms with Crippen LogP contribution in [0, 0.1) is 0 Å². The van der Waals surface area contributed by atoms with E-state index in [2.05, 4.69) is 5.32 Å². The van der Waals surface area contributed by atoms with Crippen molar-refractivity contribution in [1.82, 2.24) is 10.2 Å². The lowest BCUT2D eigenvalue weighted by molar-refractivity contribution is -0.137. The van der Waals surface area contributed by atoms with E-state index in [1.165, 1.54) is 13.2 Å². The van der Waals surface area contributed by atoms with Crippen molar-refractivity contribution in [3.05, 3.63) is 23.2 Å². The molecule has 0 aromatic carbocycles. The summed E-state index contributed by atoms with van der Waals surface area (Å²) in [4.78, 5) is 25.8. The average Bonchev–Trinajstić information content (AvgIpc) is 2.41. The number of ketones is 1. The molecule has 0 bridgehead atoms. The molecular weight excluding hydrogens is 250 g/mol. The van der Waals surface area contributed by atoms with Gasteiger partial charge < -0.3 is 25.4 Å². The number of fused-ring (bicyclic) bond motifs is 1. The fourth-order valence-corrected chi connectivity index (χ4v) is 2.13. The Morgan fingerprint density at radius 3 is 2.95 bits per heavy atom. The number of rotatable bonds is 1. The molecule has 0 spiro atoms. The Balaban J connectivity index is 2.45. The normalized spacial score (nSPS) is 31.4. The second-order valence-electron chi connectivity index (χ2n) is 4.37. The number of ether oxygens (including phenoxy) is 2. The van der Waals surface area contributed by atoms with Gasteiger partial charge in [0.1, 0.15) is 11.9 Å². The van der Waals surface area contributed by atoms with E-state index in [4.69, 9.17) is 15.2 Å². The Morgan fingerprint density at radius 2 is 2.26 bits per heavy atom. The van der Waals surface area contributed by atoms with E-state index >= 15 is 0 Å². The lowest BCUT2D eigenvalue weighted by atomic mass is 10.2. The summed E-state index contributed by atoms with van der Waals surface area (Å²) in [6.07, 6.45) is 1.02. The molecule has 1 amide bonds. The minimum Gasteiger partial charge on any atom is -0.491 e. The Bertz CT molecular complexity index is 470. The van der Waals surface area contributed by atoms with Gasteiger partial charge in [0.25, 0.3) is 5.91 Å². The standard InChI is InChI=1S/C12H17N3O4/c1-7-5-8(16)11(18-2)10(13)12(17)15-3-4-19-6-9(15)14-7/h5,9,14H,3-4,6,13H2,1-2H3/b7-5-,11-10+. The van der Waals surface area contributed by atoms with Crippen molar-refractivity contribution >= 4 is 11.7 Å². The van der Waals surface area contributed by atoms with Crippen LogP contribution in [0.2, 0.25) is 0 Å². The third-order valence-electron chi connectivity index (χ3n) is 3.03. The van der Waals surface area contributed by atoms with E-state index in [0.717, 1.165) is 0 Å². The van der Waals surface area contributed by atoms with Crippen LogP contribution in [0.5, 0.6) is 0 Å². The Kier molecular flexibility index (Phi) is 3.75. The topological polar surface area (TPSA) is 93.9 Å². The molecule has 104 valence electrons. The Labute approximate surface area is 111 Å². The van der Waals surface area contributed by atoms with Gasteiger partial charge in [-0.1, -0.05) is 0 Å². The fraction of sp³-hybridized carbons (Fsp3) is 0.500. The molecule has 0 aliphatic carbocycles. The lowest BCUT2D eigenvalue weighted by Gasteiger charge is -2.36. The molecule has 0 radical (unpaired) electrons. The number of morpholine rings is 1. The molecule has 2 aliphatic heterocycles. The van der Waals surface area contributed by atoms with Crippen molar-refractivity contribution in [1.29, 1.82) is 0 Å². The van der Waals surface area contributed by atoms with E-state index in [-0.39, 0.29) is 17.6 Å². The number of amides is 1. The largest absolute Gasteiger partial charge is 0.491 e. The summed E-state index contributed by atoms with van der Waals surface area (Å²) in [5.41, 5.74) is 6.21. The SMILES string of the molecule is CO/C1=C(/N)C(=O)N2CCOCC2N/C(C)=C\C1=O. The van der Waals surface area contributed by atoms with Gasteiger partial charge in [-0.25, -0.2) is 0 Å². The van der Waals surface area contributed by atoms with E-state index < -0.39 is 11.7 Å². The maximum Gasteiger partial charge on any atom is 0.275 e. The minimum atomic E-state index is -0.431. The molecule has 2 heterocycles. The van der Waals surface area contributed by atoms with Gasteiger partial charge in [0, 0.05) is 18.3 Å². The number of hydrogen-bond donors (Lipinski definition) is 2. The van der Waals surface area contributed by atoms with Crippen LogP contribution in [0.15, 0.2) is 23.2 Å². The van der Waals surface area contributed by atoms with Crippen molar-refractivity contribution in [2.24, 2.45) is 5.73 Å². The van der Waals surface area contributed by atoms with Crippen molar-refractivity contribution in [2.75, 3.05) is 26.9 Å². The quantitative estimate of drug-likeness (QED) is 0.637. The highest BCUT2D eigenvalue weighted by molar-refractivity contribution is 6.09. The van der Waals surface area contributed by atoms with Gasteiger partial charge in [-0.2, -0.15) is 0 Å². The zero-order valence-electron chi connectivity index (χ0n) is 10.9. The molecule has 1 unspecified atom stereocenters. The molecule has 2 aliphatic rings. The molecule has 1 saturated heterocycles. The van der Waals surface area contributed by atoms with Gasteiger partial charge in [0.15, 0.2) is 5.76 Å². The molecule has 1 fully saturated rings. The van der Waals surface area contributed by atoms with Crippen molar-refractivity contribution in [3.63, 3.8) is 0 Å². The van der Waals surface area contributed by atoms with E-state index in [0.29, 0.717) is 25.5 Å². The maximum absolute atomic E-state index is 12.3. The van der Waals surface area contributed by atoms with Crippen LogP contribution in [0.3, 0.4) is 0 Å².